The van der Waals surface area contributed by atoms with Gasteiger partial charge in [-0.25, -0.2) is 8.93 Å². The summed E-state index contributed by atoms with van der Waals surface area (Å²) in [6, 6.07) is 10.2. The van der Waals surface area contributed by atoms with Crippen LogP contribution >= 0.6 is 0 Å². The highest BCUT2D eigenvalue weighted by Crippen LogP contribution is 2.13. The molecule has 0 saturated heterocycles. The lowest BCUT2D eigenvalue weighted by molar-refractivity contribution is 0.0317. The van der Waals surface area contributed by atoms with Gasteiger partial charge in [0.15, 0.2) is 0 Å². The van der Waals surface area contributed by atoms with Crippen molar-refractivity contribution in [2.45, 2.75) is 64.5 Å². The molecule has 0 bridgehead atoms. The average molecular weight is 297 g/mol. The second-order valence-electron chi connectivity index (χ2n) is 6.02. The molecule has 0 radical (unpaired) electrons. The quantitative estimate of drug-likeness (QED) is 0.837. The Labute approximate surface area is 125 Å². The zero-order chi connectivity index (χ0) is 15.2. The Morgan fingerprint density at radius 2 is 1.85 bits per heavy atom. The van der Waals surface area contributed by atoms with E-state index in [2.05, 4.69) is 23.8 Å². The van der Waals surface area contributed by atoms with Crippen molar-refractivity contribution in [2.75, 3.05) is 0 Å². The Balaban J connectivity index is 2.51. The van der Waals surface area contributed by atoms with E-state index < -0.39 is 11.0 Å². The van der Waals surface area contributed by atoms with Crippen LogP contribution in [-0.4, -0.2) is 21.1 Å². The second-order valence-corrected chi connectivity index (χ2v) is 8.01. The number of rotatable bonds is 7. The molecule has 0 amide bonds. The van der Waals surface area contributed by atoms with E-state index >= 15 is 0 Å². The van der Waals surface area contributed by atoms with Crippen LogP contribution < -0.4 is 4.72 Å². The van der Waals surface area contributed by atoms with E-state index in [0.717, 1.165) is 12.0 Å². The van der Waals surface area contributed by atoms with Crippen LogP contribution in [0.4, 0.5) is 0 Å². The maximum Gasteiger partial charge on any atom is 0.0973 e. The summed E-state index contributed by atoms with van der Waals surface area (Å²) < 4.78 is 21.0. The molecule has 0 aromatic heterocycles. The van der Waals surface area contributed by atoms with Crippen molar-refractivity contribution in [2.24, 2.45) is 0 Å². The first kappa shape index (κ1) is 17.3. The molecule has 1 rings (SSSR count). The Morgan fingerprint density at radius 3 is 2.35 bits per heavy atom. The van der Waals surface area contributed by atoms with Crippen LogP contribution in [0.3, 0.4) is 0 Å². The van der Waals surface area contributed by atoms with E-state index in [1.807, 2.05) is 45.9 Å². The van der Waals surface area contributed by atoms with Crippen molar-refractivity contribution in [1.29, 1.82) is 0 Å². The van der Waals surface area contributed by atoms with Crippen LogP contribution in [0.2, 0.25) is 0 Å². The Kier molecular flexibility index (Phi) is 6.86. The summed E-state index contributed by atoms with van der Waals surface area (Å²) in [6.45, 7) is 10.6. The lowest BCUT2D eigenvalue weighted by Gasteiger charge is -2.27. The van der Waals surface area contributed by atoms with Crippen molar-refractivity contribution in [3.63, 3.8) is 0 Å². The van der Waals surface area contributed by atoms with Gasteiger partial charge >= 0.3 is 0 Å². The Bertz CT molecular complexity index is 414. The molecule has 1 aromatic rings. The maximum atomic E-state index is 12.2. The molecule has 1 N–H and O–H groups in total. The molecule has 4 heteroatoms. The maximum absolute atomic E-state index is 12.2. The van der Waals surface area contributed by atoms with E-state index in [1.165, 1.54) is 0 Å². The molecule has 1 unspecified atom stereocenters. The topological polar surface area (TPSA) is 38.3 Å². The van der Waals surface area contributed by atoms with Gasteiger partial charge in [0.1, 0.15) is 0 Å². The standard InChI is InChI=1S/C16H27NO2S/c1-6-15(17-20(18)16(3,4)5)13(2)19-12-14-10-8-7-9-11-14/h7-11,13,15,17H,6,12H2,1-5H3/t13-,15+,20?/m0/s1. The number of hydrogen-bond acceptors (Lipinski definition) is 2. The number of benzene rings is 1. The number of hydrogen-bond donors (Lipinski definition) is 1. The summed E-state index contributed by atoms with van der Waals surface area (Å²) in [4.78, 5) is 0. The fourth-order valence-electron chi connectivity index (χ4n) is 1.74. The number of ether oxygens (including phenoxy) is 1. The minimum Gasteiger partial charge on any atom is -0.372 e. The smallest absolute Gasteiger partial charge is 0.0973 e. The van der Waals surface area contributed by atoms with E-state index in [1.54, 1.807) is 0 Å². The molecule has 1 aromatic carbocycles. The van der Waals surface area contributed by atoms with Gasteiger partial charge in [0.2, 0.25) is 0 Å². The highest BCUT2D eigenvalue weighted by atomic mass is 32.2. The van der Waals surface area contributed by atoms with E-state index in [4.69, 9.17) is 4.74 Å². The van der Waals surface area contributed by atoms with Crippen LogP contribution in [0.15, 0.2) is 30.3 Å². The minimum absolute atomic E-state index is 0.0199. The van der Waals surface area contributed by atoms with Crippen molar-refractivity contribution >= 4 is 11.0 Å². The lowest BCUT2D eigenvalue weighted by atomic mass is 10.1. The summed E-state index contributed by atoms with van der Waals surface area (Å²) in [5.41, 5.74) is 1.16. The van der Waals surface area contributed by atoms with Gasteiger partial charge in [0, 0.05) is 6.04 Å². The summed E-state index contributed by atoms with van der Waals surface area (Å²) in [7, 11) is -1.07. The first-order chi connectivity index (χ1) is 9.34. The lowest BCUT2D eigenvalue weighted by Crippen LogP contribution is -2.45. The van der Waals surface area contributed by atoms with Crippen LogP contribution in [0.1, 0.15) is 46.6 Å². The van der Waals surface area contributed by atoms with Crippen molar-refractivity contribution in [3.8, 4) is 0 Å². The van der Waals surface area contributed by atoms with Gasteiger partial charge in [-0.2, -0.15) is 0 Å². The summed E-state index contributed by atoms with van der Waals surface area (Å²) in [6.07, 6.45) is 0.907. The van der Waals surface area contributed by atoms with Gasteiger partial charge in [-0.15, -0.1) is 0 Å². The van der Waals surface area contributed by atoms with Gasteiger partial charge in [0.25, 0.3) is 0 Å². The fourth-order valence-corrected chi connectivity index (χ4v) is 2.73. The zero-order valence-electron chi connectivity index (χ0n) is 13.2. The highest BCUT2D eigenvalue weighted by Gasteiger charge is 2.25. The molecular formula is C16H27NO2S. The van der Waals surface area contributed by atoms with Gasteiger partial charge < -0.3 is 4.74 Å². The summed E-state index contributed by atoms with van der Waals surface area (Å²) >= 11 is 0. The first-order valence-electron chi connectivity index (χ1n) is 7.18. The molecule has 0 heterocycles. The van der Waals surface area contributed by atoms with Crippen LogP contribution in [0.5, 0.6) is 0 Å². The summed E-state index contributed by atoms with van der Waals surface area (Å²) in [5.74, 6) is 0. The average Bonchev–Trinajstić information content (AvgIpc) is 2.41. The van der Waals surface area contributed by atoms with Crippen molar-refractivity contribution in [3.05, 3.63) is 35.9 Å². The van der Waals surface area contributed by atoms with Crippen LogP contribution in [-0.2, 0) is 22.3 Å². The predicted octanol–water partition coefficient (Wildman–Crippen LogP) is 3.42. The van der Waals surface area contributed by atoms with Crippen molar-refractivity contribution < 1.29 is 8.95 Å². The predicted molar refractivity (Wildman–Crippen MR) is 85.8 cm³/mol. The van der Waals surface area contributed by atoms with Gasteiger partial charge in [-0.05, 0) is 39.7 Å². The molecular weight excluding hydrogens is 270 g/mol. The van der Waals surface area contributed by atoms with Gasteiger partial charge in [-0.1, -0.05) is 37.3 Å². The minimum atomic E-state index is -1.07. The molecule has 0 aliphatic heterocycles. The molecule has 0 fully saturated rings. The second kappa shape index (κ2) is 7.91. The Hall–Kier alpha value is -0.710. The molecule has 3 nitrogen and oxygen atoms in total. The third-order valence-corrected chi connectivity index (χ3v) is 4.81. The molecule has 20 heavy (non-hydrogen) atoms. The SMILES string of the molecule is CC[C@@H](NS(=O)C(C)(C)C)[C@H](C)OCc1ccccc1. The highest BCUT2D eigenvalue weighted by molar-refractivity contribution is 7.84. The molecule has 114 valence electrons. The fraction of sp³-hybridized carbons (Fsp3) is 0.625. The third kappa shape index (κ3) is 5.73. The molecule has 3 atom stereocenters. The van der Waals surface area contributed by atoms with E-state index in [0.29, 0.717) is 6.61 Å². The van der Waals surface area contributed by atoms with Gasteiger partial charge in [-0.3, -0.25) is 0 Å². The summed E-state index contributed by atoms with van der Waals surface area (Å²) in [5, 5.41) is 0. The van der Waals surface area contributed by atoms with Gasteiger partial charge in [0.05, 0.1) is 28.4 Å². The monoisotopic (exact) mass is 297 g/mol. The molecule has 0 aliphatic rings. The van der Waals surface area contributed by atoms with E-state index in [-0.39, 0.29) is 16.9 Å². The van der Waals surface area contributed by atoms with E-state index in [9.17, 15) is 4.21 Å². The number of nitrogens with one attached hydrogen (secondary N) is 1. The zero-order valence-corrected chi connectivity index (χ0v) is 14.0. The van der Waals surface area contributed by atoms with Crippen molar-refractivity contribution in [1.82, 2.24) is 4.72 Å². The molecule has 0 aliphatic carbocycles. The largest absolute Gasteiger partial charge is 0.372 e. The normalized spacial score (nSPS) is 16.6. The molecule has 0 saturated carbocycles. The van der Waals surface area contributed by atoms with Crippen LogP contribution in [0.25, 0.3) is 0 Å². The molecule has 0 spiro atoms. The third-order valence-electron chi connectivity index (χ3n) is 3.18. The first-order valence-corrected chi connectivity index (χ1v) is 8.33. The Morgan fingerprint density at radius 1 is 1.25 bits per heavy atom. The van der Waals surface area contributed by atoms with Crippen LogP contribution in [0, 0.1) is 0 Å².